The average Bonchev–Trinajstić information content (AvgIpc) is 2.49. The number of nitrogens with two attached hydrogens (primary N) is 1. The number of methoxy groups -OCH3 is 1. The van der Waals surface area contributed by atoms with Crippen molar-refractivity contribution >= 4 is 40.4 Å². The Balaban J connectivity index is 2.31. The Bertz CT molecular complexity index is 704. The van der Waals surface area contributed by atoms with E-state index in [-0.39, 0.29) is 10.9 Å². The van der Waals surface area contributed by atoms with Gasteiger partial charge in [0, 0.05) is 5.56 Å². The molecule has 4 nitrogen and oxygen atoms in total. The summed E-state index contributed by atoms with van der Waals surface area (Å²) in [6, 6.07) is 11.9. The summed E-state index contributed by atoms with van der Waals surface area (Å²) in [6.07, 6.45) is 0. The molecule has 0 saturated heterocycles. The molecular formula is C15H13ClN2O2S. The molecule has 0 aliphatic rings. The van der Waals surface area contributed by atoms with Gasteiger partial charge in [0.2, 0.25) is 0 Å². The first-order valence-corrected chi connectivity index (χ1v) is 6.85. The normalized spacial score (nSPS) is 10.0. The highest BCUT2D eigenvalue weighted by Crippen LogP contribution is 2.25. The van der Waals surface area contributed by atoms with Crippen LogP contribution in [0, 0.1) is 0 Å². The third-order valence-electron chi connectivity index (χ3n) is 2.85. The molecule has 0 fully saturated rings. The lowest BCUT2D eigenvalue weighted by Crippen LogP contribution is -2.15. The minimum atomic E-state index is -0.325. The van der Waals surface area contributed by atoms with Gasteiger partial charge in [-0.25, -0.2) is 0 Å². The lowest BCUT2D eigenvalue weighted by atomic mass is 10.1. The number of hydrogen-bond donors (Lipinski definition) is 2. The quantitative estimate of drug-likeness (QED) is 0.849. The number of amides is 1. The molecular weight excluding hydrogens is 308 g/mol. The van der Waals surface area contributed by atoms with Gasteiger partial charge < -0.3 is 15.8 Å². The van der Waals surface area contributed by atoms with Crippen molar-refractivity contribution in [3.63, 3.8) is 0 Å². The minimum absolute atomic E-state index is 0.236. The summed E-state index contributed by atoms with van der Waals surface area (Å²) >= 11 is 11.0. The number of para-hydroxylation sites is 1. The first-order valence-electron chi connectivity index (χ1n) is 6.06. The smallest absolute Gasteiger partial charge is 0.259 e. The van der Waals surface area contributed by atoms with E-state index in [1.807, 2.05) is 0 Å². The SMILES string of the molecule is COc1ccccc1C(=O)Nc1cc(C(N)=S)ccc1Cl. The molecule has 0 aliphatic heterocycles. The van der Waals surface area contributed by atoms with Crippen molar-refractivity contribution in [3.05, 3.63) is 58.6 Å². The Kier molecular flexibility index (Phi) is 4.77. The molecule has 0 saturated carbocycles. The fraction of sp³-hybridized carbons (Fsp3) is 0.0667. The summed E-state index contributed by atoms with van der Waals surface area (Å²) in [6.45, 7) is 0. The van der Waals surface area contributed by atoms with Gasteiger partial charge in [0.1, 0.15) is 10.7 Å². The number of carbonyl (C=O) groups is 1. The maximum absolute atomic E-state index is 12.3. The molecule has 0 spiro atoms. The third kappa shape index (κ3) is 3.51. The second kappa shape index (κ2) is 6.56. The monoisotopic (exact) mass is 320 g/mol. The van der Waals surface area contributed by atoms with Crippen molar-refractivity contribution in [3.8, 4) is 5.75 Å². The standard InChI is InChI=1S/C15H13ClN2O2S/c1-20-13-5-3-2-4-10(13)15(19)18-12-8-9(14(17)21)6-7-11(12)16/h2-8H,1H3,(H2,17,21)(H,18,19). The van der Waals surface area contributed by atoms with Crippen LogP contribution in [0.25, 0.3) is 0 Å². The molecule has 108 valence electrons. The van der Waals surface area contributed by atoms with Crippen molar-refractivity contribution < 1.29 is 9.53 Å². The fourth-order valence-electron chi connectivity index (χ4n) is 1.80. The maximum Gasteiger partial charge on any atom is 0.259 e. The highest BCUT2D eigenvalue weighted by atomic mass is 35.5. The third-order valence-corrected chi connectivity index (χ3v) is 3.42. The first kappa shape index (κ1) is 15.3. The van der Waals surface area contributed by atoms with Gasteiger partial charge in [-0.15, -0.1) is 0 Å². The number of thiocarbonyl (C=S) groups is 1. The molecule has 0 aromatic heterocycles. The predicted octanol–water partition coefficient (Wildman–Crippen LogP) is 3.24. The zero-order valence-electron chi connectivity index (χ0n) is 11.2. The van der Waals surface area contributed by atoms with Gasteiger partial charge in [-0.3, -0.25) is 4.79 Å². The molecule has 2 aromatic rings. The Hall–Kier alpha value is -2.11. The number of ether oxygens (including phenoxy) is 1. The number of nitrogens with one attached hydrogen (secondary N) is 1. The van der Waals surface area contributed by atoms with Crippen LogP contribution in [-0.2, 0) is 0 Å². The number of rotatable bonds is 4. The van der Waals surface area contributed by atoms with Crippen molar-refractivity contribution in [1.29, 1.82) is 0 Å². The summed E-state index contributed by atoms with van der Waals surface area (Å²) in [7, 11) is 1.51. The molecule has 2 rings (SSSR count). The van der Waals surface area contributed by atoms with E-state index in [1.54, 1.807) is 42.5 Å². The van der Waals surface area contributed by atoms with E-state index in [9.17, 15) is 4.79 Å². The number of anilines is 1. The lowest BCUT2D eigenvalue weighted by molar-refractivity contribution is 0.102. The van der Waals surface area contributed by atoms with E-state index in [0.29, 0.717) is 27.6 Å². The summed E-state index contributed by atoms with van der Waals surface area (Å²) in [5, 5.41) is 3.13. The second-order valence-electron chi connectivity index (χ2n) is 4.21. The zero-order valence-corrected chi connectivity index (χ0v) is 12.8. The van der Waals surface area contributed by atoms with E-state index in [4.69, 9.17) is 34.3 Å². The van der Waals surface area contributed by atoms with Crippen LogP contribution in [0.4, 0.5) is 5.69 Å². The van der Waals surface area contributed by atoms with Gasteiger partial charge >= 0.3 is 0 Å². The lowest BCUT2D eigenvalue weighted by Gasteiger charge is -2.11. The zero-order chi connectivity index (χ0) is 15.4. The molecule has 3 N–H and O–H groups in total. The second-order valence-corrected chi connectivity index (χ2v) is 5.06. The predicted molar refractivity (Wildman–Crippen MR) is 88.3 cm³/mol. The van der Waals surface area contributed by atoms with Crippen molar-refractivity contribution in [2.24, 2.45) is 5.73 Å². The van der Waals surface area contributed by atoms with Crippen molar-refractivity contribution in [2.45, 2.75) is 0 Å². The van der Waals surface area contributed by atoms with E-state index >= 15 is 0 Å². The average molecular weight is 321 g/mol. The van der Waals surface area contributed by atoms with Crippen LogP contribution < -0.4 is 15.8 Å². The molecule has 2 aromatic carbocycles. The Labute approximate surface area is 132 Å². The summed E-state index contributed by atoms with van der Waals surface area (Å²) in [5.74, 6) is 0.158. The molecule has 0 aliphatic carbocycles. The first-order chi connectivity index (χ1) is 10.0. The summed E-state index contributed by atoms with van der Waals surface area (Å²) in [4.78, 5) is 12.5. The van der Waals surface area contributed by atoms with Gasteiger partial charge in [-0.1, -0.05) is 42.0 Å². The van der Waals surface area contributed by atoms with Gasteiger partial charge in [0.25, 0.3) is 5.91 Å². The Morgan fingerprint density at radius 2 is 2.00 bits per heavy atom. The largest absolute Gasteiger partial charge is 0.496 e. The Morgan fingerprint density at radius 1 is 1.29 bits per heavy atom. The molecule has 0 bridgehead atoms. The van der Waals surface area contributed by atoms with E-state index in [1.165, 1.54) is 7.11 Å². The fourth-order valence-corrected chi connectivity index (χ4v) is 2.09. The van der Waals surface area contributed by atoms with Crippen LogP contribution in [0.1, 0.15) is 15.9 Å². The van der Waals surface area contributed by atoms with Crippen molar-refractivity contribution in [1.82, 2.24) is 0 Å². The number of carbonyl (C=O) groups excluding carboxylic acids is 1. The minimum Gasteiger partial charge on any atom is -0.496 e. The highest BCUT2D eigenvalue weighted by molar-refractivity contribution is 7.80. The molecule has 0 heterocycles. The van der Waals surface area contributed by atoms with Gasteiger partial charge in [0.15, 0.2) is 0 Å². The van der Waals surface area contributed by atoms with Crippen LogP contribution in [0.5, 0.6) is 5.75 Å². The van der Waals surface area contributed by atoms with E-state index in [2.05, 4.69) is 5.32 Å². The van der Waals surface area contributed by atoms with Crippen LogP contribution >= 0.6 is 23.8 Å². The van der Waals surface area contributed by atoms with Crippen LogP contribution in [0.15, 0.2) is 42.5 Å². The van der Waals surface area contributed by atoms with E-state index < -0.39 is 0 Å². The molecule has 21 heavy (non-hydrogen) atoms. The van der Waals surface area contributed by atoms with Crippen LogP contribution in [0.3, 0.4) is 0 Å². The molecule has 1 amide bonds. The molecule has 0 atom stereocenters. The van der Waals surface area contributed by atoms with Crippen LogP contribution in [0.2, 0.25) is 5.02 Å². The topological polar surface area (TPSA) is 64.3 Å². The van der Waals surface area contributed by atoms with Crippen molar-refractivity contribution in [2.75, 3.05) is 12.4 Å². The number of benzene rings is 2. The van der Waals surface area contributed by atoms with Gasteiger partial charge in [0.05, 0.1) is 23.4 Å². The maximum atomic E-state index is 12.3. The van der Waals surface area contributed by atoms with E-state index in [0.717, 1.165) is 0 Å². The number of hydrogen-bond acceptors (Lipinski definition) is 3. The summed E-state index contributed by atoms with van der Waals surface area (Å²) < 4.78 is 5.16. The van der Waals surface area contributed by atoms with Gasteiger partial charge in [-0.05, 0) is 24.3 Å². The number of halogens is 1. The Morgan fingerprint density at radius 3 is 2.67 bits per heavy atom. The molecule has 0 unspecified atom stereocenters. The van der Waals surface area contributed by atoms with Gasteiger partial charge in [-0.2, -0.15) is 0 Å². The highest BCUT2D eigenvalue weighted by Gasteiger charge is 2.13. The van der Waals surface area contributed by atoms with Crippen LogP contribution in [-0.4, -0.2) is 18.0 Å². The summed E-state index contributed by atoms with van der Waals surface area (Å²) in [5.41, 5.74) is 7.06. The molecule has 0 radical (unpaired) electrons. The molecule has 6 heteroatoms.